The van der Waals surface area contributed by atoms with Crippen molar-refractivity contribution in [2.75, 3.05) is 19.6 Å². The molecule has 0 atom stereocenters. The summed E-state index contributed by atoms with van der Waals surface area (Å²) in [4.78, 5) is 19.0. The molecule has 1 N–H and O–H groups in total. The van der Waals surface area contributed by atoms with Gasteiger partial charge in [-0.3, -0.25) is 9.78 Å². The smallest absolute Gasteiger partial charge is 0.222 e. The maximum absolute atomic E-state index is 12.4. The second-order valence-electron chi connectivity index (χ2n) is 10.6. The van der Waals surface area contributed by atoms with E-state index in [0.717, 1.165) is 76.4 Å². The van der Waals surface area contributed by atoms with Gasteiger partial charge in [-0.25, -0.2) is 0 Å². The van der Waals surface area contributed by atoms with E-state index in [1.165, 1.54) is 11.1 Å². The van der Waals surface area contributed by atoms with Gasteiger partial charge in [0.15, 0.2) is 0 Å². The first-order chi connectivity index (χ1) is 19.5. The molecule has 0 aliphatic carbocycles. The highest BCUT2D eigenvalue weighted by molar-refractivity contribution is 7.14. The quantitative estimate of drug-likeness (QED) is 0.263. The van der Waals surface area contributed by atoms with Crippen LogP contribution in [0.1, 0.15) is 55.2 Å². The maximum Gasteiger partial charge on any atom is 0.222 e. The molecule has 0 radical (unpaired) electrons. The van der Waals surface area contributed by atoms with Crippen molar-refractivity contribution in [2.45, 2.75) is 45.6 Å². The minimum absolute atomic E-state index is 0.195. The number of nitrogens with one attached hydrogen (secondary N) is 1. The molecule has 0 bridgehead atoms. The third kappa shape index (κ3) is 5.83. The lowest BCUT2D eigenvalue weighted by Gasteiger charge is -2.19. The molecule has 2 aromatic heterocycles. The summed E-state index contributed by atoms with van der Waals surface area (Å²) in [6.45, 7) is 7.44. The van der Waals surface area contributed by atoms with Crippen molar-refractivity contribution in [3.05, 3.63) is 83.0 Å². The van der Waals surface area contributed by atoms with Crippen molar-refractivity contribution in [3.63, 3.8) is 0 Å². The molecule has 7 nitrogen and oxygen atoms in total. The summed E-state index contributed by atoms with van der Waals surface area (Å²) in [5, 5.41) is 14.1. The Bertz CT molecular complexity index is 1540. The van der Waals surface area contributed by atoms with Crippen molar-refractivity contribution in [1.82, 2.24) is 25.4 Å². The summed E-state index contributed by atoms with van der Waals surface area (Å²) >= 11 is 1.62. The Labute approximate surface area is 238 Å². The normalized spacial score (nSPS) is 15.5. The topological polar surface area (TPSA) is 80.2 Å². The fourth-order valence-electron chi connectivity index (χ4n) is 5.05. The standard InChI is InChI=1S/C32H33N5O2S/c1-21(2)31-35-36-32(40-31)22-9-11-27(12-10-22)39-29-18-24(7-8-26(29)20-37-16-4-6-30(37)38)28-17-23(13-15-34-28)25-5-3-14-33-19-25/h5,7-13,15,17-18,21,33H,3-4,6,14,16,19-20H2,1-2H3. The van der Waals surface area contributed by atoms with Crippen LogP contribution in [0.2, 0.25) is 0 Å². The van der Waals surface area contributed by atoms with Crippen LogP contribution in [0.4, 0.5) is 0 Å². The van der Waals surface area contributed by atoms with Gasteiger partial charge in [-0.05, 0) is 73.0 Å². The van der Waals surface area contributed by atoms with Crippen LogP contribution in [-0.2, 0) is 11.3 Å². The fraction of sp³-hybridized carbons (Fsp3) is 0.312. The third-order valence-corrected chi connectivity index (χ3v) is 8.59. The predicted octanol–water partition coefficient (Wildman–Crippen LogP) is 6.68. The van der Waals surface area contributed by atoms with Crippen LogP contribution in [0.5, 0.6) is 11.5 Å². The van der Waals surface area contributed by atoms with E-state index in [2.05, 4.69) is 64.7 Å². The van der Waals surface area contributed by atoms with E-state index in [9.17, 15) is 4.79 Å². The first-order valence-corrected chi connectivity index (χ1v) is 14.7. The van der Waals surface area contributed by atoms with Crippen molar-refractivity contribution < 1.29 is 9.53 Å². The van der Waals surface area contributed by atoms with Gasteiger partial charge in [0.1, 0.15) is 21.5 Å². The SMILES string of the molecule is CC(C)c1nnc(-c2ccc(Oc3cc(-c4cc(C5=CCCNC5)ccn4)ccc3CN3CCCC3=O)cc2)s1. The Morgan fingerprint density at radius 3 is 2.60 bits per heavy atom. The van der Waals surface area contributed by atoms with Crippen LogP contribution in [0.15, 0.2) is 66.9 Å². The highest BCUT2D eigenvalue weighted by atomic mass is 32.1. The van der Waals surface area contributed by atoms with E-state index in [1.807, 2.05) is 41.4 Å². The lowest BCUT2D eigenvalue weighted by molar-refractivity contribution is -0.128. The Morgan fingerprint density at radius 1 is 1.02 bits per heavy atom. The molecule has 1 fully saturated rings. The predicted molar refractivity (Wildman–Crippen MR) is 159 cm³/mol. The van der Waals surface area contributed by atoms with Gasteiger partial charge in [0.25, 0.3) is 0 Å². The number of hydrogen-bond acceptors (Lipinski definition) is 7. The average molecular weight is 552 g/mol. The first-order valence-electron chi connectivity index (χ1n) is 13.9. The molecule has 1 saturated heterocycles. The summed E-state index contributed by atoms with van der Waals surface area (Å²) in [6, 6.07) is 18.4. The van der Waals surface area contributed by atoms with Crippen molar-refractivity contribution in [1.29, 1.82) is 0 Å². The third-order valence-electron chi connectivity index (χ3n) is 7.32. The number of hydrogen-bond donors (Lipinski definition) is 1. The number of likely N-dealkylation sites (tertiary alicyclic amines) is 1. The van der Waals surface area contributed by atoms with Crippen molar-refractivity contribution in [2.24, 2.45) is 0 Å². The minimum atomic E-state index is 0.195. The molecule has 40 heavy (non-hydrogen) atoms. The molecule has 4 heterocycles. The number of aromatic nitrogens is 3. The number of carbonyl (C=O) groups excluding carboxylic acids is 1. The number of nitrogens with zero attached hydrogens (tertiary/aromatic N) is 4. The molecule has 0 spiro atoms. The average Bonchev–Trinajstić information content (AvgIpc) is 3.65. The highest BCUT2D eigenvalue weighted by Gasteiger charge is 2.22. The Kier molecular flexibility index (Phi) is 7.71. The van der Waals surface area contributed by atoms with Crippen LogP contribution in [0, 0.1) is 0 Å². The number of benzene rings is 2. The van der Waals surface area contributed by atoms with E-state index in [1.54, 1.807) is 11.3 Å². The Morgan fingerprint density at radius 2 is 1.88 bits per heavy atom. The second-order valence-corrected chi connectivity index (χ2v) is 11.6. The summed E-state index contributed by atoms with van der Waals surface area (Å²) in [7, 11) is 0. The van der Waals surface area contributed by atoms with Crippen molar-refractivity contribution in [3.8, 4) is 33.3 Å². The van der Waals surface area contributed by atoms with Gasteiger partial charge in [-0.15, -0.1) is 10.2 Å². The summed E-state index contributed by atoms with van der Waals surface area (Å²) in [6.07, 6.45) is 6.72. The van der Waals surface area contributed by atoms with Crippen LogP contribution in [0.3, 0.4) is 0 Å². The molecule has 204 valence electrons. The molecule has 0 unspecified atom stereocenters. The van der Waals surface area contributed by atoms with Gasteiger partial charge in [-0.2, -0.15) is 0 Å². The second kappa shape index (κ2) is 11.7. The molecule has 8 heteroatoms. The maximum atomic E-state index is 12.4. The Balaban J connectivity index is 1.30. The van der Waals surface area contributed by atoms with E-state index in [4.69, 9.17) is 4.74 Å². The number of amides is 1. The monoisotopic (exact) mass is 551 g/mol. The molecule has 6 rings (SSSR count). The minimum Gasteiger partial charge on any atom is -0.457 e. The molecular formula is C32H33N5O2S. The fourth-order valence-corrected chi connectivity index (χ4v) is 5.90. The molecule has 0 saturated carbocycles. The number of rotatable bonds is 8. The van der Waals surface area contributed by atoms with E-state index in [-0.39, 0.29) is 5.91 Å². The van der Waals surface area contributed by atoms with Gasteiger partial charge in [-0.1, -0.05) is 43.4 Å². The summed E-state index contributed by atoms with van der Waals surface area (Å²) in [5.74, 6) is 2.01. The zero-order chi connectivity index (χ0) is 27.5. The van der Waals surface area contributed by atoms with Crippen LogP contribution in [0.25, 0.3) is 27.4 Å². The molecule has 1 amide bonds. The van der Waals surface area contributed by atoms with Gasteiger partial charge in [0.05, 0.1) is 5.69 Å². The van der Waals surface area contributed by atoms with Gasteiger partial charge in [0, 0.05) is 54.9 Å². The number of ether oxygens (including phenoxy) is 1. The van der Waals surface area contributed by atoms with E-state index >= 15 is 0 Å². The largest absolute Gasteiger partial charge is 0.457 e. The summed E-state index contributed by atoms with van der Waals surface area (Å²) in [5.41, 5.74) is 6.34. The lowest BCUT2D eigenvalue weighted by Crippen LogP contribution is -2.24. The number of carbonyl (C=O) groups is 1. The highest BCUT2D eigenvalue weighted by Crippen LogP contribution is 2.34. The van der Waals surface area contributed by atoms with Gasteiger partial charge in [0.2, 0.25) is 5.91 Å². The summed E-state index contributed by atoms with van der Waals surface area (Å²) < 4.78 is 6.48. The van der Waals surface area contributed by atoms with E-state index in [0.29, 0.717) is 18.9 Å². The van der Waals surface area contributed by atoms with Gasteiger partial charge >= 0.3 is 0 Å². The van der Waals surface area contributed by atoms with Crippen LogP contribution < -0.4 is 10.1 Å². The van der Waals surface area contributed by atoms with Crippen molar-refractivity contribution >= 4 is 22.8 Å². The van der Waals surface area contributed by atoms with Crippen LogP contribution >= 0.6 is 11.3 Å². The molecule has 2 aliphatic rings. The van der Waals surface area contributed by atoms with Crippen LogP contribution in [-0.4, -0.2) is 45.6 Å². The lowest BCUT2D eigenvalue weighted by atomic mass is 10.00. The zero-order valence-corrected chi connectivity index (χ0v) is 23.7. The zero-order valence-electron chi connectivity index (χ0n) is 22.9. The molecule has 2 aliphatic heterocycles. The molecular weight excluding hydrogens is 518 g/mol. The molecule has 2 aromatic carbocycles. The molecule has 4 aromatic rings. The number of pyridine rings is 1. The van der Waals surface area contributed by atoms with E-state index < -0.39 is 0 Å². The first kappa shape index (κ1) is 26.3. The Hall–Kier alpha value is -3.88. The van der Waals surface area contributed by atoms with Gasteiger partial charge < -0.3 is 15.0 Å².